The molecular weight excluding hydrogens is 397 g/mol. The molecule has 0 N–H and O–H groups in total. The van der Waals surface area contributed by atoms with Gasteiger partial charge in [0, 0.05) is 0 Å². The molecule has 1 unspecified atom stereocenters. The molecule has 0 bridgehead atoms. The average Bonchev–Trinajstić information content (AvgIpc) is 2.78. The molecule has 0 heterocycles. The standard InChI is InChI=1S/C27H23F3O/c28-27(29,30)25-15-20-8-4-5-9-22(20)24-13-11-21-14-19(10-12-23(21)26(24)25)17-31-16-18-6-2-1-3-7-18/h1-9,11,13,15,19H,10,12,14,16-17H2. The number of rotatable bonds is 4. The molecule has 0 fully saturated rings. The molecule has 0 spiro atoms. The van der Waals surface area contributed by atoms with Crippen molar-refractivity contribution < 1.29 is 17.9 Å². The third-order valence-electron chi connectivity index (χ3n) is 6.31. The van der Waals surface area contributed by atoms with Crippen molar-refractivity contribution in [2.75, 3.05) is 6.61 Å². The van der Waals surface area contributed by atoms with Gasteiger partial charge in [-0.15, -0.1) is 0 Å². The highest BCUT2D eigenvalue weighted by atomic mass is 19.4. The number of hydrogen-bond donors (Lipinski definition) is 0. The fourth-order valence-electron chi connectivity index (χ4n) is 4.84. The van der Waals surface area contributed by atoms with Crippen molar-refractivity contribution in [2.24, 2.45) is 5.92 Å². The van der Waals surface area contributed by atoms with E-state index in [0.717, 1.165) is 34.9 Å². The zero-order valence-corrected chi connectivity index (χ0v) is 17.1. The Morgan fingerprint density at radius 2 is 1.65 bits per heavy atom. The average molecular weight is 420 g/mol. The van der Waals surface area contributed by atoms with E-state index >= 15 is 0 Å². The number of fused-ring (bicyclic) bond motifs is 5. The van der Waals surface area contributed by atoms with Gasteiger partial charge in [-0.1, -0.05) is 66.7 Å². The first-order valence-corrected chi connectivity index (χ1v) is 10.7. The minimum Gasteiger partial charge on any atom is -0.376 e. The quantitative estimate of drug-likeness (QED) is 0.314. The molecule has 5 rings (SSSR count). The van der Waals surface area contributed by atoms with Crippen LogP contribution in [0.25, 0.3) is 21.5 Å². The van der Waals surface area contributed by atoms with Gasteiger partial charge in [-0.2, -0.15) is 13.2 Å². The summed E-state index contributed by atoms with van der Waals surface area (Å²) in [5.41, 5.74) is 2.49. The fraction of sp³-hybridized carbons (Fsp3) is 0.259. The van der Waals surface area contributed by atoms with E-state index in [1.165, 1.54) is 6.07 Å². The third kappa shape index (κ3) is 3.92. The highest BCUT2D eigenvalue weighted by Crippen LogP contribution is 2.43. The topological polar surface area (TPSA) is 9.23 Å². The molecule has 0 aliphatic heterocycles. The van der Waals surface area contributed by atoms with Crippen molar-refractivity contribution in [1.82, 2.24) is 0 Å². The summed E-state index contributed by atoms with van der Waals surface area (Å²) in [6, 6.07) is 22.6. The lowest BCUT2D eigenvalue weighted by molar-refractivity contribution is -0.136. The van der Waals surface area contributed by atoms with Crippen molar-refractivity contribution in [3.05, 3.63) is 95.1 Å². The first kappa shape index (κ1) is 20.1. The predicted molar refractivity (Wildman–Crippen MR) is 118 cm³/mol. The van der Waals surface area contributed by atoms with Crippen LogP contribution in [0.15, 0.2) is 72.8 Å². The molecule has 0 saturated carbocycles. The smallest absolute Gasteiger partial charge is 0.376 e. The van der Waals surface area contributed by atoms with E-state index in [4.69, 9.17) is 4.74 Å². The highest BCUT2D eigenvalue weighted by Gasteiger charge is 2.35. The van der Waals surface area contributed by atoms with Gasteiger partial charge in [-0.25, -0.2) is 0 Å². The maximum Gasteiger partial charge on any atom is 0.417 e. The number of hydrogen-bond acceptors (Lipinski definition) is 1. The number of halogens is 3. The molecular formula is C27H23F3O. The molecule has 0 radical (unpaired) electrons. The van der Waals surface area contributed by atoms with Crippen molar-refractivity contribution in [3.8, 4) is 0 Å². The summed E-state index contributed by atoms with van der Waals surface area (Å²) in [4.78, 5) is 0. The van der Waals surface area contributed by atoms with E-state index in [1.807, 2.05) is 54.6 Å². The molecule has 31 heavy (non-hydrogen) atoms. The molecule has 4 heteroatoms. The monoisotopic (exact) mass is 420 g/mol. The molecule has 1 nitrogen and oxygen atoms in total. The Kier molecular flexibility index (Phi) is 5.19. The zero-order chi connectivity index (χ0) is 21.4. The molecule has 1 aliphatic carbocycles. The number of alkyl halides is 3. The lowest BCUT2D eigenvalue weighted by Gasteiger charge is -2.27. The Morgan fingerprint density at radius 3 is 2.45 bits per heavy atom. The third-order valence-corrected chi connectivity index (χ3v) is 6.31. The van der Waals surface area contributed by atoms with Crippen LogP contribution in [-0.4, -0.2) is 6.61 Å². The van der Waals surface area contributed by atoms with Gasteiger partial charge in [0.1, 0.15) is 0 Å². The van der Waals surface area contributed by atoms with Gasteiger partial charge in [0.2, 0.25) is 0 Å². The maximum atomic E-state index is 14.0. The minimum atomic E-state index is -4.38. The van der Waals surface area contributed by atoms with E-state index < -0.39 is 11.7 Å². The molecule has 0 saturated heterocycles. The van der Waals surface area contributed by atoms with Crippen LogP contribution < -0.4 is 0 Å². The Labute approximate surface area is 179 Å². The van der Waals surface area contributed by atoms with E-state index in [-0.39, 0.29) is 0 Å². The first-order valence-electron chi connectivity index (χ1n) is 10.7. The van der Waals surface area contributed by atoms with E-state index in [2.05, 4.69) is 0 Å². The van der Waals surface area contributed by atoms with Crippen LogP contribution >= 0.6 is 0 Å². The summed E-state index contributed by atoms with van der Waals surface area (Å²) in [6.07, 6.45) is -2.14. The van der Waals surface area contributed by atoms with Crippen molar-refractivity contribution in [3.63, 3.8) is 0 Å². The second-order valence-electron chi connectivity index (χ2n) is 8.38. The molecule has 0 amide bonds. The van der Waals surface area contributed by atoms with Gasteiger partial charge in [0.25, 0.3) is 0 Å². The van der Waals surface area contributed by atoms with Crippen LogP contribution in [-0.2, 0) is 30.4 Å². The second kappa shape index (κ2) is 8.01. The Bertz CT molecular complexity index is 1230. The normalized spacial score (nSPS) is 16.5. The predicted octanol–water partition coefficient (Wildman–Crippen LogP) is 7.33. The molecule has 1 atom stereocenters. The van der Waals surface area contributed by atoms with Gasteiger partial charge in [-0.05, 0) is 69.5 Å². The van der Waals surface area contributed by atoms with Gasteiger partial charge in [0.05, 0.1) is 18.8 Å². The lowest BCUT2D eigenvalue weighted by Crippen LogP contribution is -2.20. The Hall–Kier alpha value is -2.85. The van der Waals surface area contributed by atoms with Gasteiger partial charge >= 0.3 is 6.18 Å². The highest BCUT2D eigenvalue weighted by molar-refractivity contribution is 6.10. The van der Waals surface area contributed by atoms with Crippen molar-refractivity contribution >= 4 is 21.5 Å². The van der Waals surface area contributed by atoms with Gasteiger partial charge in [-0.3, -0.25) is 0 Å². The summed E-state index contributed by atoms with van der Waals surface area (Å²) >= 11 is 0. The Balaban J connectivity index is 1.47. The van der Waals surface area contributed by atoms with Crippen LogP contribution in [0, 0.1) is 5.92 Å². The van der Waals surface area contributed by atoms with E-state index in [0.29, 0.717) is 41.7 Å². The molecule has 4 aromatic carbocycles. The summed E-state index contributed by atoms with van der Waals surface area (Å²) in [5.74, 6) is 0.323. The van der Waals surface area contributed by atoms with Crippen LogP contribution in [0.5, 0.6) is 0 Å². The van der Waals surface area contributed by atoms with Gasteiger partial charge in [0.15, 0.2) is 0 Å². The van der Waals surface area contributed by atoms with E-state index in [1.54, 1.807) is 12.1 Å². The van der Waals surface area contributed by atoms with Crippen LogP contribution in [0.1, 0.15) is 28.7 Å². The molecule has 0 aromatic heterocycles. The van der Waals surface area contributed by atoms with Crippen LogP contribution in [0.4, 0.5) is 13.2 Å². The lowest BCUT2D eigenvalue weighted by atomic mass is 9.80. The summed E-state index contributed by atoms with van der Waals surface area (Å²) in [6.45, 7) is 1.18. The van der Waals surface area contributed by atoms with Crippen LogP contribution in [0.2, 0.25) is 0 Å². The van der Waals surface area contributed by atoms with Gasteiger partial charge < -0.3 is 4.74 Å². The summed E-state index contributed by atoms with van der Waals surface area (Å²) in [5, 5.41) is 2.59. The largest absolute Gasteiger partial charge is 0.417 e. The van der Waals surface area contributed by atoms with E-state index in [9.17, 15) is 13.2 Å². The van der Waals surface area contributed by atoms with Crippen LogP contribution in [0.3, 0.4) is 0 Å². The SMILES string of the molecule is FC(F)(F)c1cc2ccccc2c2ccc3c(c12)CCC(COCc1ccccc1)C3. The number of aryl methyl sites for hydroxylation is 1. The zero-order valence-electron chi connectivity index (χ0n) is 17.1. The molecule has 4 aromatic rings. The fourth-order valence-corrected chi connectivity index (χ4v) is 4.84. The maximum absolute atomic E-state index is 14.0. The Morgan fingerprint density at radius 1 is 0.871 bits per heavy atom. The van der Waals surface area contributed by atoms with Crippen molar-refractivity contribution in [1.29, 1.82) is 0 Å². The number of benzene rings is 4. The van der Waals surface area contributed by atoms with Crippen molar-refractivity contribution in [2.45, 2.75) is 32.0 Å². The molecule has 1 aliphatic rings. The first-order chi connectivity index (χ1) is 15.0. The molecule has 158 valence electrons. The summed E-state index contributed by atoms with van der Waals surface area (Å²) in [7, 11) is 0. The second-order valence-corrected chi connectivity index (χ2v) is 8.38. The minimum absolute atomic E-state index is 0.323. The summed E-state index contributed by atoms with van der Waals surface area (Å²) < 4.78 is 47.9. The number of ether oxygens (including phenoxy) is 1.